The summed E-state index contributed by atoms with van der Waals surface area (Å²) in [5.41, 5.74) is 2.33. The number of hydrogen-bond donors (Lipinski definition) is 0. The highest BCUT2D eigenvalue weighted by molar-refractivity contribution is 7.99. The van der Waals surface area contributed by atoms with Crippen LogP contribution in [0.1, 0.15) is 24.1 Å². The van der Waals surface area contributed by atoms with Crippen LogP contribution in [0.15, 0.2) is 53.4 Å². The first-order chi connectivity index (χ1) is 14.9. The van der Waals surface area contributed by atoms with Gasteiger partial charge in [-0.15, -0.1) is 5.12 Å². The molecule has 2 aromatic rings. The Kier molecular flexibility index (Phi) is 6.40. The first-order valence-electron chi connectivity index (χ1n) is 9.99. The molecular weight excluding hydrogens is 443 g/mol. The van der Waals surface area contributed by atoms with Crippen LogP contribution in [0.4, 0.5) is 15.0 Å². The monoisotopic (exact) mass is 466 g/mol. The molecule has 2 atom stereocenters. The van der Waals surface area contributed by atoms with Gasteiger partial charge in [0.25, 0.3) is 10.1 Å². The van der Waals surface area contributed by atoms with Gasteiger partial charge >= 0.3 is 6.09 Å². The number of cyclic esters (lactones) is 1. The molecule has 0 spiro atoms. The van der Waals surface area contributed by atoms with Crippen molar-refractivity contribution in [2.45, 2.75) is 30.6 Å². The number of anilines is 1. The number of benzene rings is 2. The molecular formula is C21H23FN2O5S2. The van der Waals surface area contributed by atoms with E-state index in [0.717, 1.165) is 42.3 Å². The van der Waals surface area contributed by atoms with Crippen molar-refractivity contribution in [1.82, 2.24) is 5.12 Å². The van der Waals surface area contributed by atoms with Crippen molar-refractivity contribution in [3.05, 3.63) is 59.7 Å². The third-order valence-corrected chi connectivity index (χ3v) is 7.58. The van der Waals surface area contributed by atoms with Crippen molar-refractivity contribution in [3.8, 4) is 0 Å². The maximum atomic E-state index is 14.5. The van der Waals surface area contributed by atoms with E-state index in [0.29, 0.717) is 5.56 Å². The zero-order valence-corrected chi connectivity index (χ0v) is 18.6. The molecule has 2 fully saturated rings. The smallest absolute Gasteiger partial charge is 0.414 e. The number of thioether (sulfide) groups is 1. The molecule has 0 saturated carbocycles. The Morgan fingerprint density at radius 2 is 1.74 bits per heavy atom. The molecule has 0 bridgehead atoms. The number of hydrogen-bond acceptors (Lipinski definition) is 7. The lowest BCUT2D eigenvalue weighted by Gasteiger charge is -2.29. The molecule has 0 aliphatic carbocycles. The lowest BCUT2D eigenvalue weighted by molar-refractivity contribution is -0.0263. The summed E-state index contributed by atoms with van der Waals surface area (Å²) in [4.78, 5) is 14.0. The van der Waals surface area contributed by atoms with Gasteiger partial charge in [-0.2, -0.15) is 20.2 Å². The number of rotatable bonds is 6. The number of halogens is 1. The van der Waals surface area contributed by atoms with Gasteiger partial charge in [-0.1, -0.05) is 35.7 Å². The number of ether oxygens (including phenoxy) is 1. The highest BCUT2D eigenvalue weighted by Gasteiger charge is 2.47. The molecule has 0 aromatic heterocycles. The molecule has 2 aliphatic rings. The van der Waals surface area contributed by atoms with Crippen LogP contribution in [-0.2, 0) is 25.5 Å². The highest BCUT2D eigenvalue weighted by atomic mass is 32.2. The second-order valence-electron chi connectivity index (χ2n) is 7.25. The molecule has 2 aromatic carbocycles. The van der Waals surface area contributed by atoms with Gasteiger partial charge in [0.05, 0.1) is 4.90 Å². The lowest BCUT2D eigenvalue weighted by atomic mass is 10.1. The summed E-state index contributed by atoms with van der Waals surface area (Å²) in [6.07, 6.45) is -2.17. The van der Waals surface area contributed by atoms with E-state index in [1.54, 1.807) is 24.3 Å². The number of carbonyl (C=O) groups is 1. The summed E-state index contributed by atoms with van der Waals surface area (Å²) >= 11 is 1.90. The fourth-order valence-electron chi connectivity index (χ4n) is 3.57. The number of carbonyl (C=O) groups excluding carboxylic acids is 1. The van der Waals surface area contributed by atoms with Crippen LogP contribution in [-0.4, -0.2) is 50.5 Å². The van der Waals surface area contributed by atoms with Gasteiger partial charge in [0.1, 0.15) is 0 Å². The Morgan fingerprint density at radius 1 is 1.10 bits per heavy atom. The van der Waals surface area contributed by atoms with E-state index in [4.69, 9.17) is 8.92 Å². The van der Waals surface area contributed by atoms with Crippen LogP contribution >= 0.6 is 11.8 Å². The number of amides is 1. The van der Waals surface area contributed by atoms with E-state index >= 15 is 0 Å². The Balaban J connectivity index is 1.55. The molecule has 7 nitrogen and oxygen atoms in total. The van der Waals surface area contributed by atoms with Crippen molar-refractivity contribution < 1.29 is 26.6 Å². The Morgan fingerprint density at radius 3 is 2.35 bits per heavy atom. The predicted octanol–water partition coefficient (Wildman–Crippen LogP) is 3.91. The van der Waals surface area contributed by atoms with Crippen LogP contribution in [0, 0.1) is 0 Å². The minimum atomic E-state index is -4.26. The van der Waals surface area contributed by atoms with Gasteiger partial charge in [0.2, 0.25) is 6.29 Å². The fourth-order valence-corrected chi connectivity index (χ4v) is 5.45. The quantitative estimate of drug-likeness (QED) is 0.472. The lowest BCUT2D eigenvalue weighted by Crippen LogP contribution is -2.32. The molecule has 31 heavy (non-hydrogen) atoms. The summed E-state index contributed by atoms with van der Waals surface area (Å²) in [5.74, 6) is 2.08. The average Bonchev–Trinajstić information content (AvgIpc) is 3.06. The van der Waals surface area contributed by atoms with E-state index in [1.807, 2.05) is 30.8 Å². The Bertz CT molecular complexity index is 1020. The molecule has 4 rings (SSSR count). The van der Waals surface area contributed by atoms with E-state index in [1.165, 1.54) is 12.1 Å². The molecule has 2 aliphatic heterocycles. The summed E-state index contributed by atoms with van der Waals surface area (Å²) in [5, 5.41) is -0.132. The molecule has 2 heterocycles. The molecule has 2 saturated heterocycles. The highest BCUT2D eigenvalue weighted by Crippen LogP contribution is 2.37. The topological polar surface area (TPSA) is 76.2 Å². The first kappa shape index (κ1) is 21.9. The van der Waals surface area contributed by atoms with Gasteiger partial charge in [-0.3, -0.25) is 0 Å². The van der Waals surface area contributed by atoms with E-state index in [9.17, 15) is 17.7 Å². The molecule has 0 radical (unpaired) electrons. The van der Waals surface area contributed by atoms with Crippen LogP contribution in [0.5, 0.6) is 0 Å². The van der Waals surface area contributed by atoms with Gasteiger partial charge in [0.15, 0.2) is 6.04 Å². The Hall–Kier alpha value is -2.30. The van der Waals surface area contributed by atoms with Gasteiger partial charge in [-0.25, -0.2) is 8.98 Å². The SMILES string of the molecule is CCc1ccc(S(=O)(=O)OC2OC(=O)N(F)C2c2ccc(N3CCSCC3)cc2)cc1. The van der Waals surface area contributed by atoms with Gasteiger partial charge in [0, 0.05) is 30.3 Å². The maximum absolute atomic E-state index is 14.5. The third kappa shape index (κ3) is 4.65. The van der Waals surface area contributed by atoms with E-state index in [-0.39, 0.29) is 10.0 Å². The summed E-state index contributed by atoms with van der Waals surface area (Å²) in [6, 6.07) is 11.8. The van der Waals surface area contributed by atoms with E-state index < -0.39 is 28.5 Å². The fraction of sp³-hybridized carbons (Fsp3) is 0.381. The minimum absolute atomic E-state index is 0.0878. The van der Waals surface area contributed by atoms with Crippen LogP contribution in [0.3, 0.4) is 0 Å². The van der Waals surface area contributed by atoms with E-state index in [2.05, 4.69) is 4.90 Å². The Labute approximate surface area is 185 Å². The van der Waals surface area contributed by atoms with Crippen molar-refractivity contribution >= 4 is 33.7 Å². The van der Waals surface area contributed by atoms with Crippen LogP contribution < -0.4 is 4.90 Å². The minimum Gasteiger partial charge on any atom is -0.414 e. The van der Waals surface area contributed by atoms with Crippen molar-refractivity contribution in [3.63, 3.8) is 0 Å². The molecule has 166 valence electrons. The van der Waals surface area contributed by atoms with Crippen molar-refractivity contribution in [1.29, 1.82) is 0 Å². The average molecular weight is 467 g/mol. The van der Waals surface area contributed by atoms with Gasteiger partial charge < -0.3 is 9.64 Å². The summed E-state index contributed by atoms with van der Waals surface area (Å²) in [6.45, 7) is 3.80. The predicted molar refractivity (Wildman–Crippen MR) is 116 cm³/mol. The normalized spacial score (nSPS) is 21.9. The maximum Gasteiger partial charge on any atom is 0.441 e. The molecule has 2 unspecified atom stereocenters. The summed E-state index contributed by atoms with van der Waals surface area (Å²) < 4.78 is 49.9. The second-order valence-corrected chi connectivity index (χ2v) is 10.0. The third-order valence-electron chi connectivity index (χ3n) is 5.35. The standard InChI is InChI=1S/C21H23FN2O5S2/c1-2-15-3-9-18(10-4-15)31(26,27)29-20-19(24(22)21(25)28-20)16-5-7-17(8-6-16)23-11-13-30-14-12-23/h3-10,19-20H,2,11-14H2,1H3. The zero-order chi connectivity index (χ0) is 22.0. The summed E-state index contributed by atoms with van der Waals surface area (Å²) in [7, 11) is -4.26. The van der Waals surface area contributed by atoms with Gasteiger partial charge in [-0.05, 0) is 41.8 Å². The second kappa shape index (κ2) is 9.05. The number of aryl methyl sites for hydroxylation is 1. The largest absolute Gasteiger partial charge is 0.441 e. The van der Waals surface area contributed by atoms with Crippen molar-refractivity contribution in [2.75, 3.05) is 29.5 Å². The molecule has 10 heteroatoms. The van der Waals surface area contributed by atoms with Crippen LogP contribution in [0.25, 0.3) is 0 Å². The molecule has 0 N–H and O–H groups in total. The first-order valence-corrected chi connectivity index (χ1v) is 12.6. The van der Waals surface area contributed by atoms with Crippen LogP contribution in [0.2, 0.25) is 0 Å². The number of nitrogens with zero attached hydrogens (tertiary/aromatic N) is 2. The van der Waals surface area contributed by atoms with Crippen molar-refractivity contribution in [2.24, 2.45) is 0 Å². The zero-order valence-electron chi connectivity index (χ0n) is 16.9. The molecule has 1 amide bonds.